The summed E-state index contributed by atoms with van der Waals surface area (Å²) >= 11 is 0. The first-order valence-electron chi connectivity index (χ1n) is 5.69. The van der Waals surface area contributed by atoms with E-state index in [0.29, 0.717) is 11.5 Å². The molecule has 1 aliphatic heterocycles. The lowest BCUT2D eigenvalue weighted by Crippen LogP contribution is -2.21. The summed E-state index contributed by atoms with van der Waals surface area (Å²) in [6.45, 7) is 1.59. The van der Waals surface area contributed by atoms with Gasteiger partial charge in [-0.25, -0.2) is 4.98 Å². The Morgan fingerprint density at radius 3 is 2.72 bits per heavy atom. The molecule has 1 aliphatic rings. The molecule has 0 unspecified atom stereocenters. The largest absolute Gasteiger partial charge is 0.493 e. The van der Waals surface area contributed by atoms with E-state index in [1.165, 1.54) is 0 Å². The van der Waals surface area contributed by atoms with E-state index in [9.17, 15) is 0 Å². The first-order valence-corrected chi connectivity index (χ1v) is 5.69. The molecule has 2 N–H and O–H groups in total. The fourth-order valence-corrected chi connectivity index (χ4v) is 2.27. The minimum absolute atomic E-state index is 0.259. The summed E-state index contributed by atoms with van der Waals surface area (Å²) in [6, 6.07) is 3.69. The molecule has 0 radical (unpaired) electrons. The molecule has 2 heterocycles. The Labute approximate surface area is 104 Å². The highest BCUT2D eigenvalue weighted by molar-refractivity contribution is 5.92. The van der Waals surface area contributed by atoms with Crippen molar-refractivity contribution in [3.05, 3.63) is 17.8 Å². The van der Waals surface area contributed by atoms with Crippen molar-refractivity contribution in [2.45, 2.75) is 6.54 Å². The van der Waals surface area contributed by atoms with Gasteiger partial charge in [0.2, 0.25) is 5.62 Å². The Balaban J connectivity index is 2.38. The Morgan fingerprint density at radius 2 is 2.00 bits per heavy atom. The molecule has 1 aromatic heterocycles. The molecule has 0 spiro atoms. The Morgan fingerprint density at radius 1 is 1.28 bits per heavy atom. The normalized spacial score (nSPS) is 13.2. The van der Waals surface area contributed by atoms with E-state index in [4.69, 9.17) is 14.9 Å². The lowest BCUT2D eigenvalue weighted by atomic mass is 10.2. The van der Waals surface area contributed by atoms with Crippen molar-refractivity contribution in [3.63, 3.8) is 0 Å². The van der Waals surface area contributed by atoms with Gasteiger partial charge in [0.15, 0.2) is 11.5 Å². The number of methoxy groups -OCH3 is 2. The van der Waals surface area contributed by atoms with Crippen LogP contribution < -0.4 is 20.4 Å². The highest BCUT2D eigenvalue weighted by atomic mass is 16.5. The number of rotatable bonds is 2. The van der Waals surface area contributed by atoms with Gasteiger partial charge in [-0.2, -0.15) is 0 Å². The smallest absolute Gasteiger partial charge is 0.224 e. The van der Waals surface area contributed by atoms with Gasteiger partial charge < -0.3 is 14.8 Å². The van der Waals surface area contributed by atoms with Crippen molar-refractivity contribution >= 4 is 16.7 Å². The van der Waals surface area contributed by atoms with Crippen LogP contribution in [0.3, 0.4) is 0 Å². The monoisotopic (exact) mass is 246 g/mol. The molecule has 94 valence electrons. The topological polar surface area (TPSA) is 72.2 Å². The number of fused-ring (bicyclic) bond motifs is 3. The fraction of sp³-hybridized carbons (Fsp3) is 0.333. The van der Waals surface area contributed by atoms with E-state index >= 15 is 0 Å². The molecule has 0 amide bonds. The van der Waals surface area contributed by atoms with Crippen LogP contribution in [0.1, 0.15) is 0 Å². The third-order valence-corrected chi connectivity index (χ3v) is 3.14. The first-order chi connectivity index (χ1) is 8.74. The molecule has 18 heavy (non-hydrogen) atoms. The predicted octanol–water partition coefficient (Wildman–Crippen LogP) is 0.958. The van der Waals surface area contributed by atoms with Gasteiger partial charge in [-0.15, -0.1) is 0 Å². The highest BCUT2D eigenvalue weighted by Gasteiger charge is 2.17. The van der Waals surface area contributed by atoms with E-state index < -0.39 is 0 Å². The van der Waals surface area contributed by atoms with E-state index in [1.54, 1.807) is 20.3 Å². The molecule has 6 heteroatoms. The maximum Gasteiger partial charge on any atom is 0.224 e. The van der Waals surface area contributed by atoms with Crippen molar-refractivity contribution in [1.82, 2.24) is 9.55 Å². The van der Waals surface area contributed by atoms with Gasteiger partial charge in [-0.1, -0.05) is 0 Å². The van der Waals surface area contributed by atoms with Gasteiger partial charge in [0.1, 0.15) is 5.82 Å². The molecule has 0 bridgehead atoms. The third-order valence-electron chi connectivity index (χ3n) is 3.14. The van der Waals surface area contributed by atoms with E-state index in [1.807, 2.05) is 10.6 Å². The average Bonchev–Trinajstić information content (AvgIpc) is 2.87. The second-order valence-corrected chi connectivity index (χ2v) is 4.09. The number of nitrogens with one attached hydrogen (secondary N) is 2. The number of anilines is 1. The van der Waals surface area contributed by atoms with Crippen molar-refractivity contribution in [3.8, 4) is 11.5 Å². The lowest BCUT2D eigenvalue weighted by Gasteiger charge is -2.11. The standard InChI is InChI=1S/C12H14N4O2/c1-17-9-5-7-8(6-10(9)18-2)15-12(13)16-4-3-14-11(7)16/h5-6,13-14H,3-4H2,1-2H3. The summed E-state index contributed by atoms with van der Waals surface area (Å²) in [6.07, 6.45) is 0. The molecule has 0 saturated carbocycles. The highest BCUT2D eigenvalue weighted by Crippen LogP contribution is 2.34. The van der Waals surface area contributed by atoms with Crippen molar-refractivity contribution in [2.24, 2.45) is 0 Å². The second-order valence-electron chi connectivity index (χ2n) is 4.09. The number of benzene rings is 1. The number of aromatic nitrogens is 2. The molecule has 1 aromatic carbocycles. The van der Waals surface area contributed by atoms with Crippen molar-refractivity contribution in [2.75, 3.05) is 26.1 Å². The zero-order valence-electron chi connectivity index (χ0n) is 10.3. The number of ether oxygens (including phenoxy) is 2. The summed E-state index contributed by atoms with van der Waals surface area (Å²) in [5.41, 5.74) is 0.994. The molecule has 0 atom stereocenters. The van der Waals surface area contributed by atoms with E-state index in [-0.39, 0.29) is 5.62 Å². The Bertz CT molecular complexity index is 678. The van der Waals surface area contributed by atoms with Gasteiger partial charge >= 0.3 is 0 Å². The Kier molecular flexibility index (Phi) is 2.36. The maximum absolute atomic E-state index is 7.90. The summed E-state index contributed by atoms with van der Waals surface area (Å²) in [4.78, 5) is 4.29. The van der Waals surface area contributed by atoms with E-state index in [2.05, 4.69) is 10.3 Å². The zero-order chi connectivity index (χ0) is 12.7. The number of hydrogen-bond acceptors (Lipinski definition) is 5. The Hall–Kier alpha value is -2.24. The summed E-state index contributed by atoms with van der Waals surface area (Å²) in [5, 5.41) is 12.1. The number of hydrogen-bond donors (Lipinski definition) is 2. The second kappa shape index (κ2) is 3.90. The van der Waals surface area contributed by atoms with Gasteiger partial charge in [-0.3, -0.25) is 9.98 Å². The molecule has 3 rings (SSSR count). The minimum atomic E-state index is 0.259. The van der Waals surface area contributed by atoms with Crippen LogP contribution in [0.2, 0.25) is 0 Å². The summed E-state index contributed by atoms with van der Waals surface area (Å²) in [5.74, 6) is 2.21. The molecule has 0 fully saturated rings. The van der Waals surface area contributed by atoms with Crippen molar-refractivity contribution < 1.29 is 9.47 Å². The third kappa shape index (κ3) is 1.42. The van der Waals surface area contributed by atoms with Crippen LogP contribution in [0.4, 0.5) is 5.82 Å². The molecular formula is C12H14N4O2. The van der Waals surface area contributed by atoms with Crippen LogP contribution in [-0.2, 0) is 6.54 Å². The summed E-state index contributed by atoms with van der Waals surface area (Å²) < 4.78 is 12.4. The van der Waals surface area contributed by atoms with Crippen LogP contribution in [-0.4, -0.2) is 30.3 Å². The zero-order valence-corrected chi connectivity index (χ0v) is 10.3. The SMILES string of the molecule is COc1cc2nc(=N)n3c(c2cc1OC)NCC3. The van der Waals surface area contributed by atoms with Gasteiger partial charge in [0.25, 0.3) is 0 Å². The molecule has 0 saturated heterocycles. The summed E-state index contributed by atoms with van der Waals surface area (Å²) in [7, 11) is 3.20. The fourth-order valence-electron chi connectivity index (χ4n) is 2.27. The van der Waals surface area contributed by atoms with Crippen LogP contribution in [0.5, 0.6) is 11.5 Å². The molecular weight excluding hydrogens is 232 g/mol. The van der Waals surface area contributed by atoms with Gasteiger partial charge in [0, 0.05) is 24.5 Å². The van der Waals surface area contributed by atoms with Crippen LogP contribution in [0, 0.1) is 5.41 Å². The maximum atomic E-state index is 7.90. The van der Waals surface area contributed by atoms with Gasteiger partial charge in [-0.05, 0) is 6.07 Å². The van der Waals surface area contributed by atoms with Crippen LogP contribution in [0.15, 0.2) is 12.1 Å². The number of nitrogens with zero attached hydrogens (tertiary/aromatic N) is 2. The quantitative estimate of drug-likeness (QED) is 0.827. The van der Waals surface area contributed by atoms with Crippen LogP contribution >= 0.6 is 0 Å². The first kappa shape index (κ1) is 10.9. The molecule has 6 nitrogen and oxygen atoms in total. The van der Waals surface area contributed by atoms with Gasteiger partial charge in [0.05, 0.1) is 19.7 Å². The molecule has 2 aromatic rings. The lowest BCUT2D eigenvalue weighted by molar-refractivity contribution is 0.355. The van der Waals surface area contributed by atoms with Crippen LogP contribution in [0.25, 0.3) is 10.9 Å². The average molecular weight is 246 g/mol. The van der Waals surface area contributed by atoms with E-state index in [0.717, 1.165) is 29.8 Å². The molecule has 0 aliphatic carbocycles. The van der Waals surface area contributed by atoms with Crippen molar-refractivity contribution in [1.29, 1.82) is 5.41 Å². The minimum Gasteiger partial charge on any atom is -0.493 e. The predicted molar refractivity (Wildman–Crippen MR) is 67.2 cm³/mol.